The van der Waals surface area contributed by atoms with Gasteiger partial charge in [-0.2, -0.15) is 0 Å². The molecule has 1 fully saturated rings. The van der Waals surface area contributed by atoms with Crippen LogP contribution in [-0.4, -0.2) is 35.1 Å². The summed E-state index contributed by atoms with van der Waals surface area (Å²) in [5, 5.41) is 3.42. The van der Waals surface area contributed by atoms with Gasteiger partial charge in [0.1, 0.15) is 0 Å². The summed E-state index contributed by atoms with van der Waals surface area (Å²) in [6.45, 7) is 4.12. The van der Waals surface area contributed by atoms with Crippen LogP contribution in [0.15, 0.2) is 119 Å². The number of benzene rings is 4. The highest BCUT2D eigenvalue weighted by molar-refractivity contribution is 8.18. The molecule has 0 aliphatic carbocycles. The second kappa shape index (κ2) is 13.7. The van der Waals surface area contributed by atoms with E-state index >= 15 is 0 Å². The lowest BCUT2D eigenvalue weighted by Gasteiger charge is -2.24. The molecule has 0 spiro atoms. The van der Waals surface area contributed by atoms with Crippen molar-refractivity contribution in [2.75, 3.05) is 18.5 Å². The van der Waals surface area contributed by atoms with Crippen LogP contribution in [0.1, 0.15) is 31.0 Å². The largest absolute Gasteiger partial charge is 0.490 e. The Kier molecular flexibility index (Phi) is 9.36. The van der Waals surface area contributed by atoms with Crippen molar-refractivity contribution in [1.82, 2.24) is 4.90 Å². The average molecular weight is 578 g/mol. The highest BCUT2D eigenvalue weighted by atomic mass is 32.2. The number of nitrogens with zero attached hydrogens (tertiary/aromatic N) is 2. The standard InChI is InChI=1S/C34H31N3O4S/c1-3-40-30-21-25(19-20-29(30)41-23-32(38)35-27-15-9-5-10-16-27)22-31-33(39)37(24(2)26-13-7-4-8-14-26)34(42-31)36-28-17-11-6-12-18-28/h4-22,24H,3,23H2,1-2H3,(H,35,38)/b31-22+,36-34?/t24-/m0/s1. The summed E-state index contributed by atoms with van der Waals surface area (Å²) >= 11 is 1.34. The van der Waals surface area contributed by atoms with E-state index in [1.165, 1.54) is 11.8 Å². The molecule has 8 heteroatoms. The lowest BCUT2D eigenvalue weighted by atomic mass is 10.1. The Labute approximate surface area is 249 Å². The van der Waals surface area contributed by atoms with Gasteiger partial charge in [0.05, 0.1) is 23.2 Å². The molecule has 0 unspecified atom stereocenters. The molecule has 1 aliphatic heterocycles. The Bertz CT molecular complexity index is 1590. The smallest absolute Gasteiger partial charge is 0.267 e. The van der Waals surface area contributed by atoms with Crippen LogP contribution in [0.3, 0.4) is 0 Å². The van der Waals surface area contributed by atoms with Crippen molar-refractivity contribution < 1.29 is 19.1 Å². The van der Waals surface area contributed by atoms with Crippen molar-refractivity contribution in [1.29, 1.82) is 0 Å². The minimum absolute atomic E-state index is 0.123. The highest BCUT2D eigenvalue weighted by Gasteiger charge is 2.37. The molecule has 212 valence electrons. The van der Waals surface area contributed by atoms with E-state index in [9.17, 15) is 9.59 Å². The van der Waals surface area contributed by atoms with Crippen LogP contribution in [0.25, 0.3) is 6.08 Å². The molecule has 1 atom stereocenters. The van der Waals surface area contributed by atoms with Crippen molar-refractivity contribution in [2.24, 2.45) is 4.99 Å². The number of nitrogens with one attached hydrogen (secondary N) is 1. The molecule has 1 heterocycles. The lowest BCUT2D eigenvalue weighted by molar-refractivity contribution is -0.123. The SMILES string of the molecule is CCOc1cc(/C=C2/SC(=Nc3ccccc3)N([C@@H](C)c3ccccc3)C2=O)ccc1OCC(=O)Nc1ccccc1. The molecule has 1 saturated heterocycles. The summed E-state index contributed by atoms with van der Waals surface area (Å²) in [7, 11) is 0. The van der Waals surface area contributed by atoms with Gasteiger partial charge in [0.15, 0.2) is 23.3 Å². The number of amides is 2. The molecule has 0 saturated carbocycles. The fourth-order valence-corrected chi connectivity index (χ4v) is 5.48. The molecule has 5 rings (SSSR count). The number of thioether (sulfide) groups is 1. The van der Waals surface area contributed by atoms with E-state index in [0.29, 0.717) is 33.9 Å². The molecule has 0 radical (unpaired) electrons. The van der Waals surface area contributed by atoms with Crippen molar-refractivity contribution in [3.8, 4) is 11.5 Å². The number of carbonyl (C=O) groups excluding carboxylic acids is 2. The van der Waals surface area contributed by atoms with Gasteiger partial charge in [-0.25, -0.2) is 4.99 Å². The van der Waals surface area contributed by atoms with Crippen LogP contribution in [-0.2, 0) is 9.59 Å². The molecule has 4 aromatic rings. The van der Waals surface area contributed by atoms with Crippen LogP contribution < -0.4 is 14.8 Å². The van der Waals surface area contributed by atoms with Crippen LogP contribution in [0.2, 0.25) is 0 Å². The molecule has 4 aromatic carbocycles. The fourth-order valence-electron chi connectivity index (χ4n) is 4.42. The van der Waals surface area contributed by atoms with Crippen molar-refractivity contribution in [3.63, 3.8) is 0 Å². The quantitative estimate of drug-likeness (QED) is 0.198. The second-order valence-electron chi connectivity index (χ2n) is 9.44. The Morgan fingerprint density at radius 1 is 0.905 bits per heavy atom. The average Bonchev–Trinajstić information content (AvgIpc) is 3.31. The summed E-state index contributed by atoms with van der Waals surface area (Å²) < 4.78 is 11.6. The van der Waals surface area contributed by atoms with E-state index in [0.717, 1.165) is 16.8 Å². The van der Waals surface area contributed by atoms with E-state index in [4.69, 9.17) is 14.5 Å². The first-order chi connectivity index (χ1) is 20.5. The third-order valence-electron chi connectivity index (χ3n) is 6.47. The fraction of sp³-hybridized carbons (Fsp3) is 0.147. The van der Waals surface area contributed by atoms with Gasteiger partial charge in [-0.1, -0.05) is 72.8 Å². The summed E-state index contributed by atoms with van der Waals surface area (Å²) in [5.74, 6) is 0.531. The van der Waals surface area contributed by atoms with Gasteiger partial charge in [-0.3, -0.25) is 14.5 Å². The van der Waals surface area contributed by atoms with E-state index in [2.05, 4.69) is 5.32 Å². The number of ether oxygens (including phenoxy) is 2. The number of para-hydroxylation sites is 2. The van der Waals surface area contributed by atoms with Gasteiger partial charge < -0.3 is 14.8 Å². The van der Waals surface area contributed by atoms with Gasteiger partial charge in [-0.15, -0.1) is 0 Å². The number of hydrogen-bond acceptors (Lipinski definition) is 6. The lowest BCUT2D eigenvalue weighted by Crippen LogP contribution is -2.32. The van der Waals surface area contributed by atoms with Crippen molar-refractivity contribution in [3.05, 3.63) is 125 Å². The summed E-state index contributed by atoms with van der Waals surface area (Å²) in [5.41, 5.74) is 3.26. The Morgan fingerprint density at radius 3 is 2.26 bits per heavy atom. The number of amidine groups is 1. The monoisotopic (exact) mass is 577 g/mol. The summed E-state index contributed by atoms with van der Waals surface area (Å²) in [6, 6.07) is 33.9. The molecule has 7 nitrogen and oxygen atoms in total. The van der Waals surface area contributed by atoms with Gasteiger partial charge in [0, 0.05) is 5.69 Å². The Morgan fingerprint density at radius 2 is 1.57 bits per heavy atom. The normalized spacial score (nSPS) is 15.6. The molecule has 0 aromatic heterocycles. The van der Waals surface area contributed by atoms with E-state index in [1.54, 1.807) is 11.0 Å². The molecule has 42 heavy (non-hydrogen) atoms. The van der Waals surface area contributed by atoms with E-state index < -0.39 is 0 Å². The highest BCUT2D eigenvalue weighted by Crippen LogP contribution is 2.40. The zero-order chi connectivity index (χ0) is 29.3. The summed E-state index contributed by atoms with van der Waals surface area (Å²) in [4.78, 5) is 33.3. The zero-order valence-electron chi connectivity index (χ0n) is 23.4. The number of anilines is 1. The van der Waals surface area contributed by atoms with E-state index in [-0.39, 0.29) is 24.5 Å². The maximum atomic E-state index is 13.8. The molecule has 1 N–H and O–H groups in total. The third kappa shape index (κ3) is 7.08. The maximum absolute atomic E-state index is 13.8. The molecular weight excluding hydrogens is 546 g/mol. The number of hydrogen-bond donors (Lipinski definition) is 1. The Balaban J connectivity index is 1.38. The van der Waals surface area contributed by atoms with Gasteiger partial charge in [-0.05, 0) is 79.2 Å². The molecule has 0 bridgehead atoms. The summed E-state index contributed by atoms with van der Waals surface area (Å²) in [6.07, 6.45) is 1.83. The number of rotatable bonds is 10. The Hall–Kier alpha value is -4.82. The van der Waals surface area contributed by atoms with E-state index in [1.807, 2.05) is 123 Å². The third-order valence-corrected chi connectivity index (χ3v) is 7.45. The van der Waals surface area contributed by atoms with Gasteiger partial charge in [0.25, 0.3) is 11.8 Å². The van der Waals surface area contributed by atoms with Crippen molar-refractivity contribution in [2.45, 2.75) is 19.9 Å². The van der Waals surface area contributed by atoms with Gasteiger partial charge in [0.2, 0.25) is 0 Å². The first-order valence-corrected chi connectivity index (χ1v) is 14.5. The topological polar surface area (TPSA) is 80.2 Å². The predicted molar refractivity (Wildman–Crippen MR) is 169 cm³/mol. The molecular formula is C34H31N3O4S. The first-order valence-electron chi connectivity index (χ1n) is 13.7. The van der Waals surface area contributed by atoms with Crippen LogP contribution in [0.5, 0.6) is 11.5 Å². The number of carbonyl (C=O) groups is 2. The minimum atomic E-state index is -0.277. The first kappa shape index (κ1) is 28.7. The van der Waals surface area contributed by atoms with Crippen molar-refractivity contribution >= 4 is 46.2 Å². The molecule has 1 aliphatic rings. The zero-order valence-corrected chi connectivity index (χ0v) is 24.2. The van der Waals surface area contributed by atoms with Gasteiger partial charge >= 0.3 is 0 Å². The van der Waals surface area contributed by atoms with Crippen LogP contribution in [0.4, 0.5) is 11.4 Å². The minimum Gasteiger partial charge on any atom is -0.490 e. The van der Waals surface area contributed by atoms with Crippen LogP contribution >= 0.6 is 11.8 Å². The van der Waals surface area contributed by atoms with Crippen LogP contribution in [0, 0.1) is 0 Å². The predicted octanol–water partition coefficient (Wildman–Crippen LogP) is 7.47. The molecule has 2 amide bonds. The maximum Gasteiger partial charge on any atom is 0.267 e. The second-order valence-corrected chi connectivity index (χ2v) is 10.5. The number of aliphatic imine (C=N–C) groups is 1.